The lowest BCUT2D eigenvalue weighted by Crippen LogP contribution is -1.58. The second kappa shape index (κ2) is 0.618. The van der Waals surface area contributed by atoms with Crippen LogP contribution in [0.3, 0.4) is 0 Å². The molecule has 0 aliphatic heterocycles. The summed E-state index contributed by atoms with van der Waals surface area (Å²) in [6.07, 6.45) is 2.14. The Balaban J connectivity index is 2.38. The van der Waals surface area contributed by atoms with Crippen LogP contribution in [0.1, 0.15) is 6.92 Å². The van der Waals surface area contributed by atoms with Crippen LogP contribution in [0.4, 0.5) is 0 Å². The minimum absolute atomic E-state index is 0.593. The molecular formula is C5H7. The van der Waals surface area contributed by atoms with Gasteiger partial charge in [-0.05, 0) is 19.8 Å². The minimum atomic E-state index is 0.593. The van der Waals surface area contributed by atoms with E-state index in [9.17, 15) is 0 Å². The lowest BCUT2D eigenvalue weighted by molar-refractivity contribution is 1.17. The monoisotopic (exact) mass is 67.1 g/mol. The topological polar surface area (TPSA) is 0 Å². The highest BCUT2D eigenvalue weighted by atomic mass is 14.2. The molecule has 1 rings (SSSR count). The molecule has 1 radical (unpaired) electrons. The third kappa shape index (κ3) is 0.344. The van der Waals surface area contributed by atoms with Crippen molar-refractivity contribution in [2.75, 3.05) is 0 Å². The van der Waals surface area contributed by atoms with Gasteiger partial charge < -0.3 is 0 Å². The standard InChI is InChI=1S/C5H7/c1-4-3-5(4)2/h3-4H,1H2,2H3. The summed E-state index contributed by atoms with van der Waals surface area (Å²) in [5.41, 5.74) is 1.44. The summed E-state index contributed by atoms with van der Waals surface area (Å²) in [6.45, 7) is 5.83. The zero-order valence-electron chi connectivity index (χ0n) is 3.36. The molecule has 27 valence electrons. The normalized spacial score (nSPS) is 33.2. The van der Waals surface area contributed by atoms with Crippen molar-refractivity contribution in [3.8, 4) is 0 Å². The third-order valence-corrected chi connectivity index (χ3v) is 0.940. The van der Waals surface area contributed by atoms with E-state index in [2.05, 4.69) is 19.9 Å². The van der Waals surface area contributed by atoms with Crippen molar-refractivity contribution in [1.82, 2.24) is 0 Å². The predicted octanol–water partition coefficient (Wildman–Crippen LogP) is 1.40. The Labute approximate surface area is 32.5 Å². The van der Waals surface area contributed by atoms with E-state index in [-0.39, 0.29) is 0 Å². The van der Waals surface area contributed by atoms with Crippen LogP contribution in [0, 0.1) is 12.8 Å². The molecule has 0 bridgehead atoms. The molecule has 5 heavy (non-hydrogen) atoms. The van der Waals surface area contributed by atoms with Gasteiger partial charge in [-0.25, -0.2) is 0 Å². The summed E-state index contributed by atoms with van der Waals surface area (Å²) in [6, 6.07) is 0. The number of hydrogen-bond donors (Lipinski definition) is 0. The Morgan fingerprint density at radius 3 is 2.20 bits per heavy atom. The van der Waals surface area contributed by atoms with Crippen LogP contribution >= 0.6 is 0 Å². The zero-order valence-corrected chi connectivity index (χ0v) is 3.36. The van der Waals surface area contributed by atoms with Crippen molar-refractivity contribution < 1.29 is 0 Å². The van der Waals surface area contributed by atoms with E-state index < -0.39 is 0 Å². The molecule has 0 fully saturated rings. The van der Waals surface area contributed by atoms with E-state index >= 15 is 0 Å². The molecule has 0 aromatic rings. The Morgan fingerprint density at radius 1 is 2.00 bits per heavy atom. The smallest absolute Gasteiger partial charge is 0.00227 e. The fraction of sp³-hybridized carbons (Fsp3) is 0.400. The van der Waals surface area contributed by atoms with E-state index in [1.165, 1.54) is 5.57 Å². The Hall–Kier alpha value is -0.260. The zero-order chi connectivity index (χ0) is 3.86. The SMILES string of the molecule is [CH2]C1C=C1C. The molecule has 0 aromatic heterocycles. The van der Waals surface area contributed by atoms with Crippen LogP contribution in [0.5, 0.6) is 0 Å². The molecule has 0 saturated heterocycles. The maximum Gasteiger partial charge on any atom is -0.00227 e. The van der Waals surface area contributed by atoms with Gasteiger partial charge in [0.05, 0.1) is 0 Å². The Bertz CT molecular complexity index is 70.1. The second-order valence-electron chi connectivity index (χ2n) is 1.52. The lowest BCUT2D eigenvalue weighted by atomic mass is 10.4. The highest BCUT2D eigenvalue weighted by Crippen LogP contribution is 2.25. The predicted molar refractivity (Wildman–Crippen MR) is 22.6 cm³/mol. The van der Waals surface area contributed by atoms with Crippen LogP contribution in [0.2, 0.25) is 0 Å². The molecule has 0 saturated carbocycles. The van der Waals surface area contributed by atoms with Gasteiger partial charge in [0.2, 0.25) is 0 Å². The molecular weight excluding hydrogens is 60.1 g/mol. The van der Waals surface area contributed by atoms with Crippen LogP contribution in [0.15, 0.2) is 11.6 Å². The highest BCUT2D eigenvalue weighted by molar-refractivity contribution is 5.27. The number of allylic oxidation sites excluding steroid dienone is 2. The Kier molecular flexibility index (Phi) is 0.365. The summed E-state index contributed by atoms with van der Waals surface area (Å²) in [5, 5.41) is 0. The van der Waals surface area contributed by atoms with Crippen molar-refractivity contribution in [3.05, 3.63) is 18.6 Å². The molecule has 0 aromatic carbocycles. The summed E-state index contributed by atoms with van der Waals surface area (Å²) >= 11 is 0. The van der Waals surface area contributed by atoms with E-state index in [0.717, 1.165) is 0 Å². The van der Waals surface area contributed by atoms with Gasteiger partial charge >= 0.3 is 0 Å². The number of rotatable bonds is 0. The first-order chi connectivity index (χ1) is 2.30. The molecule has 0 heterocycles. The molecule has 0 spiro atoms. The molecule has 1 aliphatic rings. The van der Waals surface area contributed by atoms with Crippen molar-refractivity contribution in [1.29, 1.82) is 0 Å². The average Bonchev–Trinajstić information content (AvgIpc) is 1.79. The quantitative estimate of drug-likeness (QED) is 0.376. The fourth-order valence-electron chi connectivity index (χ4n) is 0.269. The van der Waals surface area contributed by atoms with Crippen LogP contribution in [-0.2, 0) is 0 Å². The van der Waals surface area contributed by atoms with E-state index in [0.29, 0.717) is 5.92 Å². The van der Waals surface area contributed by atoms with E-state index in [4.69, 9.17) is 0 Å². The maximum atomic E-state index is 3.74. The molecule has 1 aliphatic carbocycles. The third-order valence-electron chi connectivity index (χ3n) is 0.940. The molecule has 0 heteroatoms. The molecule has 0 amide bonds. The Morgan fingerprint density at radius 2 is 2.20 bits per heavy atom. The van der Waals surface area contributed by atoms with Gasteiger partial charge in [0.15, 0.2) is 0 Å². The first kappa shape index (κ1) is 2.95. The van der Waals surface area contributed by atoms with E-state index in [1.807, 2.05) is 0 Å². The lowest BCUT2D eigenvalue weighted by Gasteiger charge is -1.68. The van der Waals surface area contributed by atoms with Gasteiger partial charge in [0.1, 0.15) is 0 Å². The molecule has 0 nitrogen and oxygen atoms in total. The van der Waals surface area contributed by atoms with Crippen molar-refractivity contribution in [3.63, 3.8) is 0 Å². The average molecular weight is 67.1 g/mol. The molecule has 1 atom stereocenters. The second-order valence-corrected chi connectivity index (χ2v) is 1.52. The van der Waals surface area contributed by atoms with Crippen LogP contribution in [-0.4, -0.2) is 0 Å². The van der Waals surface area contributed by atoms with Crippen LogP contribution < -0.4 is 0 Å². The van der Waals surface area contributed by atoms with Gasteiger partial charge in [0.25, 0.3) is 0 Å². The summed E-state index contributed by atoms with van der Waals surface area (Å²) in [4.78, 5) is 0. The fourth-order valence-corrected chi connectivity index (χ4v) is 0.269. The van der Waals surface area contributed by atoms with E-state index in [1.54, 1.807) is 0 Å². The first-order valence-electron chi connectivity index (χ1n) is 1.82. The van der Waals surface area contributed by atoms with Gasteiger partial charge in [-0.1, -0.05) is 11.6 Å². The van der Waals surface area contributed by atoms with Gasteiger partial charge in [-0.3, -0.25) is 0 Å². The largest absolute Gasteiger partial charge is 0.0778 e. The van der Waals surface area contributed by atoms with Crippen molar-refractivity contribution in [2.24, 2.45) is 5.92 Å². The molecule has 1 unspecified atom stereocenters. The van der Waals surface area contributed by atoms with Gasteiger partial charge in [0, 0.05) is 0 Å². The summed E-state index contributed by atoms with van der Waals surface area (Å²) < 4.78 is 0. The summed E-state index contributed by atoms with van der Waals surface area (Å²) in [7, 11) is 0. The number of hydrogen-bond acceptors (Lipinski definition) is 0. The molecule has 0 N–H and O–H groups in total. The first-order valence-corrected chi connectivity index (χ1v) is 1.82. The maximum absolute atomic E-state index is 3.74. The van der Waals surface area contributed by atoms with Crippen LogP contribution in [0.25, 0.3) is 0 Å². The van der Waals surface area contributed by atoms with Gasteiger partial charge in [-0.2, -0.15) is 0 Å². The highest BCUT2D eigenvalue weighted by Gasteiger charge is 2.11. The minimum Gasteiger partial charge on any atom is -0.0778 e. The van der Waals surface area contributed by atoms with Crippen molar-refractivity contribution in [2.45, 2.75) is 6.92 Å². The van der Waals surface area contributed by atoms with Gasteiger partial charge in [-0.15, -0.1) is 0 Å². The van der Waals surface area contributed by atoms with Crippen molar-refractivity contribution >= 4 is 0 Å². The summed E-state index contributed by atoms with van der Waals surface area (Å²) in [5.74, 6) is 0.593.